The second-order valence-corrected chi connectivity index (χ2v) is 9.59. The highest BCUT2D eigenvalue weighted by Crippen LogP contribution is 2.26. The van der Waals surface area contributed by atoms with E-state index >= 15 is 0 Å². The Morgan fingerprint density at radius 2 is 1.72 bits per heavy atom. The van der Waals surface area contributed by atoms with Crippen molar-refractivity contribution >= 4 is 50.8 Å². The predicted molar refractivity (Wildman–Crippen MR) is 117 cm³/mol. The third kappa shape index (κ3) is 5.96. The highest BCUT2D eigenvalue weighted by Gasteiger charge is 2.16. The summed E-state index contributed by atoms with van der Waals surface area (Å²) in [5, 5.41) is 2.85. The molecule has 6 nitrogen and oxygen atoms in total. The van der Waals surface area contributed by atoms with Crippen LogP contribution in [0.4, 0.5) is 11.5 Å². The number of aromatic nitrogens is 1. The molecule has 2 aromatic carbocycles. The van der Waals surface area contributed by atoms with Crippen LogP contribution in [0.15, 0.2) is 82.7 Å². The number of carbonyl (C=O) groups is 1. The van der Waals surface area contributed by atoms with E-state index in [9.17, 15) is 13.2 Å². The van der Waals surface area contributed by atoms with Gasteiger partial charge in [-0.05, 0) is 55.5 Å². The van der Waals surface area contributed by atoms with Gasteiger partial charge in [-0.3, -0.25) is 9.52 Å². The molecule has 1 amide bonds. The van der Waals surface area contributed by atoms with Crippen LogP contribution in [0.2, 0.25) is 5.02 Å². The lowest BCUT2D eigenvalue weighted by molar-refractivity contribution is -0.115. The first kappa shape index (κ1) is 21.2. The lowest BCUT2D eigenvalue weighted by Crippen LogP contribution is -2.22. The number of benzene rings is 2. The summed E-state index contributed by atoms with van der Waals surface area (Å²) in [6, 6.07) is 18.3. The smallest absolute Gasteiger partial charge is 0.261 e. The number of nitrogens with zero attached hydrogens (tertiary/aromatic N) is 1. The fraction of sp³-hybridized carbons (Fsp3) is 0.100. The molecule has 0 fully saturated rings. The molecule has 1 unspecified atom stereocenters. The van der Waals surface area contributed by atoms with Gasteiger partial charge in [0.05, 0.1) is 15.2 Å². The minimum Gasteiger partial charge on any atom is -0.310 e. The number of hydrogen-bond donors (Lipinski definition) is 2. The summed E-state index contributed by atoms with van der Waals surface area (Å²) < 4.78 is 27.3. The van der Waals surface area contributed by atoms with Gasteiger partial charge in [-0.15, -0.1) is 11.8 Å². The molecule has 0 bridgehead atoms. The molecular formula is C20H18ClN3O3S2. The zero-order valence-corrected chi connectivity index (χ0v) is 17.8. The van der Waals surface area contributed by atoms with Crippen molar-refractivity contribution in [1.29, 1.82) is 0 Å². The summed E-state index contributed by atoms with van der Waals surface area (Å²) in [6.07, 6.45) is 1.46. The van der Waals surface area contributed by atoms with Crippen molar-refractivity contribution in [3.05, 3.63) is 77.9 Å². The number of amides is 1. The van der Waals surface area contributed by atoms with Crippen molar-refractivity contribution in [3.8, 4) is 0 Å². The van der Waals surface area contributed by atoms with Crippen molar-refractivity contribution in [1.82, 2.24) is 4.98 Å². The molecule has 0 aliphatic heterocycles. The van der Waals surface area contributed by atoms with Crippen molar-refractivity contribution in [3.63, 3.8) is 0 Å². The average molecular weight is 448 g/mol. The lowest BCUT2D eigenvalue weighted by Gasteiger charge is -2.12. The quantitative estimate of drug-likeness (QED) is 0.514. The predicted octanol–water partition coefficient (Wildman–Crippen LogP) is 4.66. The van der Waals surface area contributed by atoms with Gasteiger partial charge in [0.1, 0.15) is 5.82 Å². The first-order chi connectivity index (χ1) is 13.8. The Morgan fingerprint density at radius 3 is 2.34 bits per heavy atom. The zero-order valence-electron chi connectivity index (χ0n) is 15.4. The Labute approximate surface area is 178 Å². The van der Waals surface area contributed by atoms with Gasteiger partial charge >= 0.3 is 0 Å². The van der Waals surface area contributed by atoms with E-state index in [1.54, 1.807) is 61.5 Å². The van der Waals surface area contributed by atoms with E-state index in [4.69, 9.17) is 11.6 Å². The van der Waals surface area contributed by atoms with Gasteiger partial charge < -0.3 is 5.32 Å². The number of nitrogens with one attached hydrogen (secondary N) is 2. The number of rotatable bonds is 7. The van der Waals surface area contributed by atoms with Crippen LogP contribution in [0.5, 0.6) is 0 Å². The Kier molecular flexibility index (Phi) is 6.79. The van der Waals surface area contributed by atoms with Crippen molar-refractivity contribution in [2.24, 2.45) is 0 Å². The fourth-order valence-corrected chi connectivity index (χ4v) is 4.41. The van der Waals surface area contributed by atoms with Crippen molar-refractivity contribution in [2.75, 3.05) is 10.0 Å². The maximum absolute atomic E-state index is 12.4. The molecule has 0 radical (unpaired) electrons. The molecule has 1 aromatic heterocycles. The van der Waals surface area contributed by atoms with E-state index < -0.39 is 10.0 Å². The second kappa shape index (κ2) is 9.30. The fourth-order valence-electron chi connectivity index (χ4n) is 2.35. The molecule has 2 N–H and O–H groups in total. The number of sulfonamides is 1. The number of carbonyl (C=O) groups excluding carboxylic acids is 1. The van der Waals surface area contributed by atoms with E-state index in [0.717, 1.165) is 4.90 Å². The van der Waals surface area contributed by atoms with Gasteiger partial charge in [-0.25, -0.2) is 13.4 Å². The van der Waals surface area contributed by atoms with Gasteiger partial charge in [-0.2, -0.15) is 0 Å². The number of halogens is 1. The largest absolute Gasteiger partial charge is 0.310 e. The minimum absolute atomic E-state index is 0.194. The van der Waals surface area contributed by atoms with E-state index in [0.29, 0.717) is 16.5 Å². The van der Waals surface area contributed by atoms with Gasteiger partial charge in [0.25, 0.3) is 10.0 Å². The third-order valence-electron chi connectivity index (χ3n) is 3.82. The molecule has 0 aliphatic rings. The molecular weight excluding hydrogens is 430 g/mol. The lowest BCUT2D eigenvalue weighted by atomic mass is 10.3. The summed E-state index contributed by atoms with van der Waals surface area (Å²) in [5.41, 5.74) is 0.445. The van der Waals surface area contributed by atoms with Gasteiger partial charge in [0.15, 0.2) is 0 Å². The Hall–Kier alpha value is -2.55. The van der Waals surface area contributed by atoms with Crippen LogP contribution >= 0.6 is 23.4 Å². The molecule has 150 valence electrons. The van der Waals surface area contributed by atoms with E-state index in [-0.39, 0.29) is 16.1 Å². The third-order valence-corrected chi connectivity index (χ3v) is 6.55. The second-order valence-electron chi connectivity index (χ2n) is 6.05. The first-order valence-corrected chi connectivity index (χ1v) is 11.3. The maximum atomic E-state index is 12.4. The van der Waals surface area contributed by atoms with Crippen LogP contribution in [0.25, 0.3) is 0 Å². The number of thioether (sulfide) groups is 1. The maximum Gasteiger partial charge on any atom is 0.261 e. The summed E-state index contributed by atoms with van der Waals surface area (Å²) in [7, 11) is -3.64. The molecule has 29 heavy (non-hydrogen) atoms. The number of anilines is 2. The van der Waals surface area contributed by atoms with Crippen LogP contribution in [0.1, 0.15) is 6.92 Å². The molecule has 1 heterocycles. The average Bonchev–Trinajstić information content (AvgIpc) is 2.71. The highest BCUT2D eigenvalue weighted by molar-refractivity contribution is 8.00. The summed E-state index contributed by atoms with van der Waals surface area (Å²) >= 11 is 7.14. The van der Waals surface area contributed by atoms with Gasteiger partial charge in [0, 0.05) is 16.8 Å². The van der Waals surface area contributed by atoms with E-state index in [1.807, 2.05) is 0 Å². The number of pyridine rings is 1. The topological polar surface area (TPSA) is 88.2 Å². The van der Waals surface area contributed by atoms with Crippen molar-refractivity contribution < 1.29 is 13.2 Å². The summed E-state index contributed by atoms with van der Waals surface area (Å²) in [6.45, 7) is 1.78. The van der Waals surface area contributed by atoms with Crippen LogP contribution in [-0.2, 0) is 14.8 Å². The van der Waals surface area contributed by atoms with Crippen LogP contribution in [0, 0.1) is 0 Å². The van der Waals surface area contributed by atoms with Crippen LogP contribution in [-0.4, -0.2) is 24.6 Å². The van der Waals surface area contributed by atoms with Gasteiger partial charge in [0.2, 0.25) is 5.91 Å². The van der Waals surface area contributed by atoms with Gasteiger partial charge in [-0.1, -0.05) is 29.8 Å². The molecule has 1 atom stereocenters. The van der Waals surface area contributed by atoms with E-state index in [2.05, 4.69) is 15.0 Å². The zero-order chi connectivity index (χ0) is 20.9. The van der Waals surface area contributed by atoms with Crippen LogP contribution in [0.3, 0.4) is 0 Å². The molecule has 0 saturated heterocycles. The van der Waals surface area contributed by atoms with E-state index in [1.165, 1.54) is 30.1 Å². The molecule has 3 rings (SSSR count). The highest BCUT2D eigenvalue weighted by atomic mass is 35.5. The summed E-state index contributed by atoms with van der Waals surface area (Å²) in [4.78, 5) is 17.4. The standard InChI is InChI=1S/C20H18ClN3O3S2/c1-14(20(25)23-19-12-7-15(21)13-22-19)28-17-10-8-16(9-11-17)24-29(26,27)18-5-3-2-4-6-18/h2-14,24H,1H3,(H,22,23,25). The van der Waals surface area contributed by atoms with Crippen LogP contribution < -0.4 is 10.0 Å². The Bertz CT molecular complexity index is 1070. The molecule has 0 aliphatic carbocycles. The molecule has 9 heteroatoms. The SMILES string of the molecule is CC(Sc1ccc(NS(=O)(=O)c2ccccc2)cc1)C(=O)Nc1ccc(Cl)cn1. The first-order valence-electron chi connectivity index (χ1n) is 8.60. The Balaban J connectivity index is 1.59. The molecule has 3 aromatic rings. The Morgan fingerprint density at radius 1 is 1.03 bits per heavy atom. The van der Waals surface area contributed by atoms with Crippen molar-refractivity contribution in [2.45, 2.75) is 22.0 Å². The minimum atomic E-state index is -3.64. The monoisotopic (exact) mass is 447 g/mol. The molecule has 0 spiro atoms. The summed E-state index contributed by atoms with van der Waals surface area (Å²) in [5.74, 6) is 0.233. The number of hydrogen-bond acceptors (Lipinski definition) is 5. The normalized spacial score (nSPS) is 12.2. The molecule has 0 saturated carbocycles.